The summed E-state index contributed by atoms with van der Waals surface area (Å²) in [6, 6.07) is 1.96. The molecule has 3 heterocycles. The minimum atomic E-state index is 0.00476. The second-order valence-corrected chi connectivity index (χ2v) is 5.79. The lowest BCUT2D eigenvalue weighted by molar-refractivity contribution is -0.119. The summed E-state index contributed by atoms with van der Waals surface area (Å²) in [5.41, 5.74) is 1.57. The number of halogens is 1. The molecule has 3 rings (SSSR count). The van der Waals surface area contributed by atoms with E-state index in [9.17, 15) is 9.59 Å². The summed E-state index contributed by atoms with van der Waals surface area (Å²) in [5, 5.41) is 6.61. The maximum atomic E-state index is 12.2. The topological polar surface area (TPSA) is 74.3 Å². The largest absolute Gasteiger partial charge is 0.352 e. The van der Waals surface area contributed by atoms with Crippen LogP contribution in [-0.2, 0) is 11.3 Å². The Kier molecular flexibility index (Phi) is 4.07. The molecule has 0 unspecified atom stereocenters. The fourth-order valence-corrected chi connectivity index (χ4v) is 2.92. The first-order valence-corrected chi connectivity index (χ1v) is 7.45. The predicted molar refractivity (Wildman–Crippen MR) is 78.0 cm³/mol. The van der Waals surface area contributed by atoms with E-state index in [1.165, 1.54) is 0 Å². The molecule has 2 aliphatic rings. The van der Waals surface area contributed by atoms with Gasteiger partial charge in [-0.25, -0.2) is 4.98 Å². The van der Waals surface area contributed by atoms with E-state index in [0.717, 1.165) is 18.5 Å². The Morgan fingerprint density at radius 2 is 2.33 bits per heavy atom. The number of nitrogens with one attached hydrogen (secondary N) is 2. The lowest BCUT2D eigenvalue weighted by Crippen LogP contribution is -2.39. The molecule has 0 spiro atoms. The van der Waals surface area contributed by atoms with Gasteiger partial charge in [0.05, 0.1) is 5.56 Å². The number of amides is 2. The molecule has 0 bridgehead atoms. The first-order chi connectivity index (χ1) is 10.1. The van der Waals surface area contributed by atoms with Crippen molar-refractivity contribution >= 4 is 23.4 Å². The zero-order valence-electron chi connectivity index (χ0n) is 11.6. The van der Waals surface area contributed by atoms with Crippen LogP contribution in [-0.4, -0.2) is 47.4 Å². The monoisotopic (exact) mass is 308 g/mol. The molecule has 0 radical (unpaired) electrons. The van der Waals surface area contributed by atoms with Crippen molar-refractivity contribution in [3.05, 3.63) is 28.5 Å². The average Bonchev–Trinajstić information content (AvgIpc) is 2.99. The van der Waals surface area contributed by atoms with Crippen molar-refractivity contribution in [3.8, 4) is 0 Å². The van der Waals surface area contributed by atoms with Crippen molar-refractivity contribution < 1.29 is 9.59 Å². The lowest BCUT2D eigenvalue weighted by atomic mass is 10.2. The van der Waals surface area contributed by atoms with E-state index in [2.05, 4.69) is 15.6 Å². The normalized spacial score (nSPS) is 20.8. The molecule has 0 aliphatic carbocycles. The molecule has 1 atom stereocenters. The molecule has 1 aromatic rings. The summed E-state index contributed by atoms with van der Waals surface area (Å²) in [6.07, 6.45) is 3.03. The van der Waals surface area contributed by atoms with Gasteiger partial charge < -0.3 is 15.5 Å². The van der Waals surface area contributed by atoms with Gasteiger partial charge >= 0.3 is 0 Å². The number of hydrogen-bond acceptors (Lipinski definition) is 4. The molecule has 1 aromatic heterocycles. The molecule has 1 saturated heterocycles. The molecular formula is C14H17ClN4O2. The number of pyridine rings is 1. The van der Waals surface area contributed by atoms with Gasteiger partial charge in [-0.2, -0.15) is 0 Å². The predicted octanol–water partition coefficient (Wildman–Crippen LogP) is 0.559. The van der Waals surface area contributed by atoms with Crippen LogP contribution in [0.4, 0.5) is 0 Å². The van der Waals surface area contributed by atoms with Crippen LogP contribution in [0.2, 0.25) is 5.15 Å². The number of rotatable bonds is 5. The highest BCUT2D eigenvalue weighted by molar-refractivity contribution is 6.29. The van der Waals surface area contributed by atoms with Crippen molar-refractivity contribution in [2.45, 2.75) is 25.4 Å². The van der Waals surface area contributed by atoms with Gasteiger partial charge in [-0.1, -0.05) is 11.6 Å². The Hall–Kier alpha value is -1.66. The summed E-state index contributed by atoms with van der Waals surface area (Å²) in [7, 11) is 0. The molecule has 6 nitrogen and oxygen atoms in total. The molecule has 7 heteroatoms. The van der Waals surface area contributed by atoms with Gasteiger partial charge in [0.2, 0.25) is 5.91 Å². The number of nitrogens with zero attached hydrogens (tertiary/aromatic N) is 2. The van der Waals surface area contributed by atoms with Gasteiger partial charge in [-0.3, -0.25) is 9.59 Å². The molecule has 0 aromatic carbocycles. The first-order valence-electron chi connectivity index (χ1n) is 7.07. The Balaban J connectivity index is 1.45. The highest BCUT2D eigenvalue weighted by atomic mass is 35.5. The molecule has 112 valence electrons. The number of carbonyl (C=O) groups excluding carboxylic acids is 2. The SMILES string of the molecule is O=C1CC[C@@H](CNCCN2Cc3cc(Cl)ncc3C2=O)N1. The van der Waals surface area contributed by atoms with E-state index < -0.39 is 0 Å². The van der Waals surface area contributed by atoms with Crippen molar-refractivity contribution in [2.24, 2.45) is 0 Å². The van der Waals surface area contributed by atoms with Crippen molar-refractivity contribution in [3.63, 3.8) is 0 Å². The van der Waals surface area contributed by atoms with Gasteiger partial charge in [-0.05, 0) is 18.1 Å². The maximum Gasteiger partial charge on any atom is 0.256 e. The van der Waals surface area contributed by atoms with Crippen LogP contribution in [0.1, 0.15) is 28.8 Å². The van der Waals surface area contributed by atoms with Gasteiger partial charge in [0.25, 0.3) is 5.91 Å². The minimum Gasteiger partial charge on any atom is -0.352 e. The molecular weight excluding hydrogens is 292 g/mol. The Labute approximate surface area is 127 Å². The average molecular weight is 309 g/mol. The summed E-state index contributed by atoms with van der Waals surface area (Å²) in [4.78, 5) is 29.0. The Morgan fingerprint density at radius 3 is 3.10 bits per heavy atom. The number of hydrogen-bond donors (Lipinski definition) is 2. The second kappa shape index (κ2) is 5.99. The molecule has 2 aliphatic heterocycles. The quantitative estimate of drug-likeness (QED) is 0.616. The third-order valence-electron chi connectivity index (χ3n) is 3.87. The smallest absolute Gasteiger partial charge is 0.256 e. The highest BCUT2D eigenvalue weighted by Crippen LogP contribution is 2.23. The molecule has 21 heavy (non-hydrogen) atoms. The first kappa shape index (κ1) is 14.3. The summed E-state index contributed by atoms with van der Waals surface area (Å²) < 4.78 is 0. The van der Waals surface area contributed by atoms with Crippen LogP contribution in [0.3, 0.4) is 0 Å². The number of aromatic nitrogens is 1. The Bertz CT molecular complexity index is 578. The van der Waals surface area contributed by atoms with Crippen LogP contribution in [0.25, 0.3) is 0 Å². The lowest BCUT2D eigenvalue weighted by Gasteiger charge is -2.17. The summed E-state index contributed by atoms with van der Waals surface area (Å²) >= 11 is 5.84. The van der Waals surface area contributed by atoms with E-state index >= 15 is 0 Å². The van der Waals surface area contributed by atoms with Gasteiger partial charge in [-0.15, -0.1) is 0 Å². The molecule has 2 N–H and O–H groups in total. The number of carbonyl (C=O) groups is 2. The van der Waals surface area contributed by atoms with Crippen molar-refractivity contribution in [1.82, 2.24) is 20.5 Å². The molecule has 1 fully saturated rings. The van der Waals surface area contributed by atoms with E-state index in [-0.39, 0.29) is 17.9 Å². The number of fused-ring (bicyclic) bond motifs is 1. The minimum absolute atomic E-state index is 0.00476. The second-order valence-electron chi connectivity index (χ2n) is 5.40. The van der Waals surface area contributed by atoms with Crippen LogP contribution in [0, 0.1) is 0 Å². The zero-order chi connectivity index (χ0) is 14.8. The van der Waals surface area contributed by atoms with Crippen LogP contribution in [0.5, 0.6) is 0 Å². The van der Waals surface area contributed by atoms with E-state index in [1.54, 1.807) is 17.2 Å². The molecule has 0 saturated carbocycles. The third kappa shape index (κ3) is 3.16. The maximum absolute atomic E-state index is 12.2. The third-order valence-corrected chi connectivity index (χ3v) is 4.08. The van der Waals surface area contributed by atoms with Crippen LogP contribution < -0.4 is 10.6 Å². The fraction of sp³-hybridized carbons (Fsp3) is 0.500. The highest BCUT2D eigenvalue weighted by Gasteiger charge is 2.27. The summed E-state index contributed by atoms with van der Waals surface area (Å²) in [5.74, 6) is 0.126. The molecule has 2 amide bonds. The van der Waals surface area contributed by atoms with E-state index in [4.69, 9.17) is 11.6 Å². The van der Waals surface area contributed by atoms with E-state index in [0.29, 0.717) is 36.8 Å². The van der Waals surface area contributed by atoms with Gasteiger partial charge in [0.15, 0.2) is 0 Å². The van der Waals surface area contributed by atoms with Crippen LogP contribution >= 0.6 is 11.6 Å². The fourth-order valence-electron chi connectivity index (χ4n) is 2.74. The van der Waals surface area contributed by atoms with Gasteiger partial charge in [0, 0.05) is 44.8 Å². The van der Waals surface area contributed by atoms with Gasteiger partial charge in [0.1, 0.15) is 5.15 Å². The van der Waals surface area contributed by atoms with E-state index in [1.807, 2.05) is 0 Å². The zero-order valence-corrected chi connectivity index (χ0v) is 12.3. The summed E-state index contributed by atoms with van der Waals surface area (Å²) in [6.45, 7) is 2.66. The Morgan fingerprint density at radius 1 is 1.48 bits per heavy atom. The van der Waals surface area contributed by atoms with Crippen molar-refractivity contribution in [2.75, 3.05) is 19.6 Å². The van der Waals surface area contributed by atoms with Crippen molar-refractivity contribution in [1.29, 1.82) is 0 Å². The van der Waals surface area contributed by atoms with Crippen LogP contribution in [0.15, 0.2) is 12.3 Å². The standard InChI is InChI=1S/C14H17ClN4O2/c15-12-5-9-8-19(14(21)11(9)7-17-12)4-3-16-6-10-1-2-13(20)18-10/h5,7,10,16H,1-4,6,8H2,(H,18,20)/t10-/m0/s1.